The first-order valence-corrected chi connectivity index (χ1v) is 11.0. The Hall–Kier alpha value is -1.16. The van der Waals surface area contributed by atoms with Crippen molar-refractivity contribution in [3.8, 4) is 0 Å². The van der Waals surface area contributed by atoms with E-state index >= 15 is 0 Å². The molecule has 2 N–H and O–H groups in total. The summed E-state index contributed by atoms with van der Waals surface area (Å²) >= 11 is 0. The van der Waals surface area contributed by atoms with Gasteiger partial charge in [-0.3, -0.25) is 0 Å². The number of aromatic nitrogens is 2. The van der Waals surface area contributed by atoms with Crippen LogP contribution in [0, 0.1) is 5.41 Å². The first-order chi connectivity index (χ1) is 12.8. The molecule has 0 amide bonds. The van der Waals surface area contributed by atoms with Crippen LogP contribution in [-0.2, 0) is 13.1 Å². The van der Waals surface area contributed by atoms with Crippen LogP contribution in [0.1, 0.15) is 96.8 Å². The topological polar surface area (TPSA) is 52.9 Å². The molecule has 0 radical (unpaired) electrons. The molecule has 0 bridgehead atoms. The molecule has 0 saturated carbocycles. The first-order valence-electron chi connectivity index (χ1n) is 11.0. The van der Waals surface area contributed by atoms with Gasteiger partial charge in [0.25, 0.3) is 0 Å². The number of nitrogens with one attached hydrogen (secondary N) is 1. The summed E-state index contributed by atoms with van der Waals surface area (Å²) in [5, 5.41) is 16.5. The predicted octanol–water partition coefficient (Wildman–Crippen LogP) is 5.27. The third-order valence-electron chi connectivity index (χ3n) is 5.11. The quantitative estimate of drug-likeness (QED) is 0.208. The molecule has 0 aromatic carbocycles. The Morgan fingerprint density at radius 1 is 0.885 bits per heavy atom. The summed E-state index contributed by atoms with van der Waals surface area (Å²) in [4.78, 5) is 0. The van der Waals surface area contributed by atoms with E-state index in [4.69, 9.17) is 5.41 Å². The van der Waals surface area contributed by atoms with Crippen molar-refractivity contribution in [1.82, 2.24) is 4.57 Å². The summed E-state index contributed by atoms with van der Waals surface area (Å²) in [5.41, 5.74) is 0. The molecule has 150 valence electrons. The van der Waals surface area contributed by atoms with Crippen molar-refractivity contribution in [2.24, 2.45) is 0 Å². The molecule has 4 heteroatoms. The SMILES string of the molecule is CCCCCCCCCCCCCCCCn1cc[n+](CC(O)C=N)c1. The van der Waals surface area contributed by atoms with Crippen LogP contribution in [0.2, 0.25) is 0 Å². The maximum atomic E-state index is 9.46. The van der Waals surface area contributed by atoms with Crippen LogP contribution in [-0.4, -0.2) is 22.0 Å². The Balaban J connectivity index is 1.85. The van der Waals surface area contributed by atoms with Crippen molar-refractivity contribution in [3.05, 3.63) is 18.7 Å². The van der Waals surface area contributed by atoms with Gasteiger partial charge in [-0.15, -0.1) is 0 Å². The average Bonchev–Trinajstić information content (AvgIpc) is 3.09. The maximum absolute atomic E-state index is 9.46. The van der Waals surface area contributed by atoms with E-state index in [1.54, 1.807) is 0 Å². The monoisotopic (exact) mass is 364 g/mol. The Labute approximate surface area is 161 Å². The first kappa shape index (κ1) is 22.9. The number of unbranched alkanes of at least 4 members (excludes halogenated alkanes) is 13. The van der Waals surface area contributed by atoms with E-state index in [-0.39, 0.29) is 0 Å². The number of rotatable bonds is 18. The van der Waals surface area contributed by atoms with Crippen molar-refractivity contribution in [2.45, 2.75) is 116 Å². The van der Waals surface area contributed by atoms with Crippen molar-refractivity contribution >= 4 is 6.21 Å². The predicted molar refractivity (Wildman–Crippen MR) is 110 cm³/mol. The average molecular weight is 365 g/mol. The van der Waals surface area contributed by atoms with Gasteiger partial charge in [-0.2, -0.15) is 0 Å². The molecule has 1 unspecified atom stereocenters. The third-order valence-corrected chi connectivity index (χ3v) is 5.11. The highest BCUT2D eigenvalue weighted by molar-refractivity contribution is 5.58. The highest BCUT2D eigenvalue weighted by atomic mass is 16.3. The summed E-state index contributed by atoms with van der Waals surface area (Å²) in [6, 6.07) is 0. The van der Waals surface area contributed by atoms with E-state index < -0.39 is 6.10 Å². The van der Waals surface area contributed by atoms with E-state index in [2.05, 4.69) is 17.7 Å². The van der Waals surface area contributed by atoms with Gasteiger partial charge in [0.2, 0.25) is 6.33 Å². The number of nitrogens with zero attached hydrogens (tertiary/aromatic N) is 2. The van der Waals surface area contributed by atoms with E-state index in [1.807, 2.05) is 17.1 Å². The second kappa shape index (κ2) is 16.0. The second-order valence-corrected chi connectivity index (χ2v) is 7.68. The molecule has 1 aromatic rings. The number of hydrogen-bond donors (Lipinski definition) is 2. The number of imidazole rings is 1. The van der Waals surface area contributed by atoms with Crippen LogP contribution >= 0.6 is 0 Å². The normalized spacial score (nSPS) is 12.4. The lowest BCUT2D eigenvalue weighted by molar-refractivity contribution is -0.700. The molecular weight excluding hydrogens is 322 g/mol. The summed E-state index contributed by atoms with van der Waals surface area (Å²) in [6.45, 7) is 3.80. The van der Waals surface area contributed by atoms with Crippen molar-refractivity contribution in [1.29, 1.82) is 5.41 Å². The van der Waals surface area contributed by atoms with Crippen LogP contribution in [0.15, 0.2) is 18.7 Å². The summed E-state index contributed by atoms with van der Waals surface area (Å²) in [7, 11) is 0. The molecule has 26 heavy (non-hydrogen) atoms. The zero-order valence-corrected chi connectivity index (χ0v) is 17.0. The third kappa shape index (κ3) is 12.2. The smallest absolute Gasteiger partial charge is 0.243 e. The highest BCUT2D eigenvalue weighted by Crippen LogP contribution is 2.13. The Bertz CT molecular complexity index is 444. The zero-order valence-electron chi connectivity index (χ0n) is 17.0. The molecule has 0 fully saturated rings. The Morgan fingerprint density at radius 2 is 1.38 bits per heavy atom. The standard InChI is InChI=1S/C22H42N3O/c1-2-3-4-5-6-7-8-9-10-11-12-13-14-15-16-24-17-18-25(21-24)20-22(26)19-23/h17-19,21-23,26H,2-16,20H2,1H3/q+1. The number of aliphatic hydroxyl groups excluding tert-OH is 1. The molecule has 1 rings (SSSR count). The summed E-state index contributed by atoms with van der Waals surface area (Å²) in [5.74, 6) is 0. The molecule has 0 saturated heterocycles. The molecule has 0 aliphatic heterocycles. The van der Waals surface area contributed by atoms with Crippen LogP contribution < -0.4 is 4.57 Å². The molecule has 0 aliphatic rings. The Morgan fingerprint density at radius 3 is 1.88 bits per heavy atom. The van der Waals surface area contributed by atoms with Gasteiger partial charge >= 0.3 is 0 Å². The van der Waals surface area contributed by atoms with Crippen molar-refractivity contribution < 1.29 is 9.67 Å². The lowest BCUT2D eigenvalue weighted by Gasteiger charge is -2.03. The van der Waals surface area contributed by atoms with E-state index in [0.29, 0.717) is 6.54 Å². The maximum Gasteiger partial charge on any atom is 0.243 e. The van der Waals surface area contributed by atoms with Gasteiger partial charge in [0.05, 0.1) is 6.54 Å². The fourth-order valence-corrected chi connectivity index (χ4v) is 3.44. The molecule has 1 aromatic heterocycles. The van der Waals surface area contributed by atoms with Crippen LogP contribution in [0.25, 0.3) is 0 Å². The van der Waals surface area contributed by atoms with E-state index in [1.165, 1.54) is 89.9 Å². The van der Waals surface area contributed by atoms with Gasteiger partial charge in [0.1, 0.15) is 25.0 Å². The van der Waals surface area contributed by atoms with Gasteiger partial charge in [0, 0.05) is 6.21 Å². The number of hydrogen-bond acceptors (Lipinski definition) is 2. The van der Waals surface area contributed by atoms with Crippen molar-refractivity contribution in [3.63, 3.8) is 0 Å². The van der Waals surface area contributed by atoms with E-state index in [0.717, 1.165) is 12.8 Å². The summed E-state index contributed by atoms with van der Waals surface area (Å²) in [6.07, 6.45) is 25.9. The van der Waals surface area contributed by atoms with Crippen LogP contribution in [0.5, 0.6) is 0 Å². The minimum atomic E-state index is -0.683. The minimum absolute atomic E-state index is 0.468. The van der Waals surface area contributed by atoms with Crippen LogP contribution in [0.4, 0.5) is 0 Å². The Kier molecular flexibility index (Phi) is 14.1. The fourth-order valence-electron chi connectivity index (χ4n) is 3.44. The lowest BCUT2D eigenvalue weighted by Crippen LogP contribution is -2.38. The molecule has 1 atom stereocenters. The van der Waals surface area contributed by atoms with Gasteiger partial charge in [0.15, 0.2) is 0 Å². The van der Waals surface area contributed by atoms with Gasteiger partial charge in [-0.25, -0.2) is 9.13 Å². The van der Waals surface area contributed by atoms with Crippen LogP contribution in [0.3, 0.4) is 0 Å². The fraction of sp³-hybridized carbons (Fsp3) is 0.818. The molecule has 1 heterocycles. The number of aryl methyl sites for hydroxylation is 1. The van der Waals surface area contributed by atoms with Gasteiger partial charge in [-0.05, 0) is 12.8 Å². The highest BCUT2D eigenvalue weighted by Gasteiger charge is 2.07. The lowest BCUT2D eigenvalue weighted by atomic mass is 10.0. The zero-order chi connectivity index (χ0) is 18.9. The second-order valence-electron chi connectivity index (χ2n) is 7.68. The minimum Gasteiger partial charge on any atom is -0.383 e. The number of aliphatic hydroxyl groups is 1. The molecular formula is C22H42N3O+. The van der Waals surface area contributed by atoms with Crippen molar-refractivity contribution in [2.75, 3.05) is 0 Å². The largest absolute Gasteiger partial charge is 0.383 e. The van der Waals surface area contributed by atoms with Gasteiger partial charge < -0.3 is 10.5 Å². The van der Waals surface area contributed by atoms with Gasteiger partial charge in [-0.1, -0.05) is 84.0 Å². The van der Waals surface area contributed by atoms with E-state index in [9.17, 15) is 5.11 Å². The molecule has 0 aliphatic carbocycles. The molecule has 4 nitrogen and oxygen atoms in total. The summed E-state index contributed by atoms with van der Waals surface area (Å²) < 4.78 is 4.12. The molecule has 0 spiro atoms.